The molecule has 2 rings (SSSR count). The first-order valence-electron chi connectivity index (χ1n) is 6.99. The van der Waals surface area contributed by atoms with Crippen LogP contribution in [0.4, 0.5) is 5.82 Å². The fourth-order valence-corrected chi connectivity index (χ4v) is 2.40. The summed E-state index contributed by atoms with van der Waals surface area (Å²) in [5, 5.41) is 8.03. The molecule has 1 aliphatic rings. The van der Waals surface area contributed by atoms with Gasteiger partial charge in [-0.3, -0.25) is 0 Å². The molecule has 1 unspecified atom stereocenters. The Morgan fingerprint density at radius 3 is 2.95 bits per heavy atom. The van der Waals surface area contributed by atoms with E-state index in [0.717, 1.165) is 38.5 Å². The number of rotatable bonds is 5. The van der Waals surface area contributed by atoms with Crippen LogP contribution in [-0.4, -0.2) is 49.6 Å². The SMILES string of the molecule is CCOCC1CCCN(c2ccc(C(=O)OC)nn2)C1. The molecule has 1 aliphatic heterocycles. The van der Waals surface area contributed by atoms with Crippen LogP contribution in [0.1, 0.15) is 30.3 Å². The van der Waals surface area contributed by atoms with Crippen LogP contribution in [0, 0.1) is 5.92 Å². The van der Waals surface area contributed by atoms with E-state index in [2.05, 4.69) is 19.8 Å². The number of nitrogens with zero attached hydrogens (tertiary/aromatic N) is 3. The Balaban J connectivity index is 1.98. The van der Waals surface area contributed by atoms with Gasteiger partial charge in [-0.2, -0.15) is 0 Å². The van der Waals surface area contributed by atoms with Crippen LogP contribution >= 0.6 is 0 Å². The predicted molar refractivity (Wildman–Crippen MR) is 74.8 cm³/mol. The van der Waals surface area contributed by atoms with Crippen LogP contribution in [0.3, 0.4) is 0 Å². The zero-order chi connectivity index (χ0) is 14.4. The van der Waals surface area contributed by atoms with Crippen molar-refractivity contribution in [1.29, 1.82) is 0 Å². The molecular weight excluding hydrogens is 258 g/mol. The Bertz CT molecular complexity index is 436. The van der Waals surface area contributed by atoms with Gasteiger partial charge in [0.2, 0.25) is 0 Å². The summed E-state index contributed by atoms with van der Waals surface area (Å²) in [4.78, 5) is 13.5. The number of esters is 1. The molecule has 1 aromatic rings. The van der Waals surface area contributed by atoms with E-state index >= 15 is 0 Å². The molecule has 6 heteroatoms. The van der Waals surface area contributed by atoms with Crippen molar-refractivity contribution < 1.29 is 14.3 Å². The second-order valence-electron chi connectivity index (χ2n) is 4.88. The summed E-state index contributed by atoms with van der Waals surface area (Å²) in [5.74, 6) is 0.876. The molecule has 2 heterocycles. The number of anilines is 1. The van der Waals surface area contributed by atoms with Crippen molar-refractivity contribution in [2.75, 3.05) is 38.3 Å². The lowest BCUT2D eigenvalue weighted by atomic mass is 9.99. The van der Waals surface area contributed by atoms with Crippen molar-refractivity contribution in [1.82, 2.24) is 10.2 Å². The molecule has 1 fully saturated rings. The van der Waals surface area contributed by atoms with Gasteiger partial charge in [0.25, 0.3) is 0 Å². The number of aromatic nitrogens is 2. The first-order chi connectivity index (χ1) is 9.74. The summed E-state index contributed by atoms with van der Waals surface area (Å²) in [6, 6.07) is 3.47. The van der Waals surface area contributed by atoms with E-state index < -0.39 is 5.97 Å². The molecule has 0 N–H and O–H groups in total. The van der Waals surface area contributed by atoms with E-state index in [0.29, 0.717) is 5.92 Å². The zero-order valence-electron chi connectivity index (χ0n) is 12.0. The van der Waals surface area contributed by atoms with Crippen LogP contribution in [0.15, 0.2) is 12.1 Å². The minimum Gasteiger partial charge on any atom is -0.464 e. The van der Waals surface area contributed by atoms with Crippen molar-refractivity contribution in [3.63, 3.8) is 0 Å². The number of carbonyl (C=O) groups is 1. The predicted octanol–water partition coefficient (Wildman–Crippen LogP) is 1.52. The van der Waals surface area contributed by atoms with E-state index in [1.54, 1.807) is 6.07 Å². The third-order valence-corrected chi connectivity index (χ3v) is 3.45. The fraction of sp³-hybridized carbons (Fsp3) is 0.643. The first kappa shape index (κ1) is 14.7. The minimum absolute atomic E-state index is 0.235. The van der Waals surface area contributed by atoms with Crippen molar-refractivity contribution in [2.45, 2.75) is 19.8 Å². The molecule has 1 saturated heterocycles. The Morgan fingerprint density at radius 1 is 1.45 bits per heavy atom. The third kappa shape index (κ3) is 3.66. The maximum absolute atomic E-state index is 11.3. The number of hydrogen-bond acceptors (Lipinski definition) is 6. The summed E-state index contributed by atoms with van der Waals surface area (Å²) in [6.07, 6.45) is 2.31. The Labute approximate surface area is 119 Å². The molecule has 0 amide bonds. The molecule has 0 bridgehead atoms. The summed E-state index contributed by atoms with van der Waals surface area (Å²) in [6.45, 7) is 5.45. The van der Waals surface area contributed by atoms with Gasteiger partial charge in [-0.25, -0.2) is 4.79 Å². The van der Waals surface area contributed by atoms with Crippen LogP contribution < -0.4 is 4.90 Å². The molecule has 0 aliphatic carbocycles. The monoisotopic (exact) mass is 279 g/mol. The first-order valence-corrected chi connectivity index (χ1v) is 6.99. The van der Waals surface area contributed by atoms with E-state index in [4.69, 9.17) is 4.74 Å². The molecule has 20 heavy (non-hydrogen) atoms. The van der Waals surface area contributed by atoms with Crippen molar-refractivity contribution in [3.05, 3.63) is 17.8 Å². The molecule has 0 spiro atoms. The van der Waals surface area contributed by atoms with Crippen molar-refractivity contribution >= 4 is 11.8 Å². The number of ether oxygens (including phenoxy) is 2. The lowest BCUT2D eigenvalue weighted by molar-refractivity contribution is 0.0592. The van der Waals surface area contributed by atoms with Crippen LogP contribution in [-0.2, 0) is 9.47 Å². The quantitative estimate of drug-likeness (QED) is 0.761. The van der Waals surface area contributed by atoms with Gasteiger partial charge >= 0.3 is 5.97 Å². The number of hydrogen-bond donors (Lipinski definition) is 0. The number of piperidine rings is 1. The summed E-state index contributed by atoms with van der Waals surface area (Å²) >= 11 is 0. The van der Waals surface area contributed by atoms with Gasteiger partial charge in [0.05, 0.1) is 13.7 Å². The van der Waals surface area contributed by atoms with Gasteiger partial charge in [0.1, 0.15) is 0 Å². The van der Waals surface area contributed by atoms with Gasteiger partial charge in [0.15, 0.2) is 11.5 Å². The topological polar surface area (TPSA) is 64.5 Å². The Morgan fingerprint density at radius 2 is 2.30 bits per heavy atom. The van der Waals surface area contributed by atoms with Crippen LogP contribution in [0.5, 0.6) is 0 Å². The molecule has 1 aromatic heterocycles. The maximum atomic E-state index is 11.3. The zero-order valence-corrected chi connectivity index (χ0v) is 12.0. The number of carbonyl (C=O) groups excluding carboxylic acids is 1. The Kier molecular flexibility index (Phi) is 5.29. The summed E-state index contributed by atoms with van der Waals surface area (Å²) in [5.41, 5.74) is 0.235. The molecule has 6 nitrogen and oxygen atoms in total. The minimum atomic E-state index is -0.461. The molecular formula is C14H21N3O3. The highest BCUT2D eigenvalue weighted by molar-refractivity contribution is 5.86. The largest absolute Gasteiger partial charge is 0.464 e. The molecule has 0 aromatic carbocycles. The lowest BCUT2D eigenvalue weighted by Crippen LogP contribution is -2.37. The Hall–Kier alpha value is -1.69. The molecule has 110 valence electrons. The highest BCUT2D eigenvalue weighted by atomic mass is 16.5. The molecule has 0 saturated carbocycles. The average Bonchev–Trinajstić information content (AvgIpc) is 2.52. The normalized spacial score (nSPS) is 18.9. The second-order valence-corrected chi connectivity index (χ2v) is 4.88. The van der Waals surface area contributed by atoms with Gasteiger partial charge in [-0.15, -0.1) is 10.2 Å². The van der Waals surface area contributed by atoms with Gasteiger partial charge in [0, 0.05) is 19.7 Å². The molecule has 1 atom stereocenters. The maximum Gasteiger partial charge on any atom is 0.358 e. The summed E-state index contributed by atoms with van der Waals surface area (Å²) in [7, 11) is 1.33. The van der Waals surface area contributed by atoms with E-state index in [1.165, 1.54) is 13.5 Å². The van der Waals surface area contributed by atoms with Gasteiger partial charge in [-0.1, -0.05) is 0 Å². The van der Waals surface area contributed by atoms with E-state index in [9.17, 15) is 4.79 Å². The van der Waals surface area contributed by atoms with Crippen LogP contribution in [0.2, 0.25) is 0 Å². The smallest absolute Gasteiger partial charge is 0.358 e. The summed E-state index contributed by atoms with van der Waals surface area (Å²) < 4.78 is 10.1. The fourth-order valence-electron chi connectivity index (χ4n) is 2.40. The van der Waals surface area contributed by atoms with E-state index in [-0.39, 0.29) is 5.69 Å². The average molecular weight is 279 g/mol. The number of methoxy groups -OCH3 is 1. The van der Waals surface area contributed by atoms with E-state index in [1.807, 2.05) is 13.0 Å². The third-order valence-electron chi connectivity index (χ3n) is 3.45. The standard InChI is InChI=1S/C14H21N3O3/c1-3-20-10-11-5-4-8-17(9-11)13-7-6-12(15-16-13)14(18)19-2/h6-7,11H,3-5,8-10H2,1-2H3. The van der Waals surface area contributed by atoms with Gasteiger partial charge < -0.3 is 14.4 Å². The van der Waals surface area contributed by atoms with Gasteiger partial charge in [-0.05, 0) is 37.8 Å². The lowest BCUT2D eigenvalue weighted by Gasteiger charge is -2.33. The second kappa shape index (κ2) is 7.19. The van der Waals surface area contributed by atoms with Crippen molar-refractivity contribution in [3.8, 4) is 0 Å². The van der Waals surface area contributed by atoms with Crippen LogP contribution in [0.25, 0.3) is 0 Å². The van der Waals surface area contributed by atoms with Crippen molar-refractivity contribution in [2.24, 2.45) is 5.92 Å². The highest BCUT2D eigenvalue weighted by Crippen LogP contribution is 2.21. The molecule has 0 radical (unpaired) electrons. The highest BCUT2D eigenvalue weighted by Gasteiger charge is 2.21.